The molecule has 0 aliphatic rings. The number of benzene rings is 2. The van der Waals surface area contributed by atoms with E-state index in [1.807, 2.05) is 54.6 Å². The van der Waals surface area contributed by atoms with Crippen molar-refractivity contribution < 1.29 is 4.42 Å². The molecule has 0 N–H and O–H groups in total. The van der Waals surface area contributed by atoms with Gasteiger partial charge in [-0.2, -0.15) is 0 Å². The Morgan fingerprint density at radius 2 is 1.86 bits per heavy atom. The van der Waals surface area contributed by atoms with Gasteiger partial charge in [0, 0.05) is 12.1 Å². The second-order valence-corrected chi connectivity index (χ2v) is 7.44. The maximum absolute atomic E-state index is 12.9. The summed E-state index contributed by atoms with van der Waals surface area (Å²) in [5, 5.41) is 1.36. The van der Waals surface area contributed by atoms with E-state index in [0.29, 0.717) is 28.7 Å². The summed E-state index contributed by atoms with van der Waals surface area (Å²) in [5.41, 5.74) is 1.73. The van der Waals surface area contributed by atoms with Crippen LogP contribution in [0.5, 0.6) is 0 Å². The van der Waals surface area contributed by atoms with E-state index in [2.05, 4.69) is 11.9 Å². The van der Waals surface area contributed by atoms with Gasteiger partial charge in [0.15, 0.2) is 10.9 Å². The van der Waals surface area contributed by atoms with Gasteiger partial charge in [-0.25, -0.2) is 9.97 Å². The minimum atomic E-state index is 0.0129. The molecule has 5 nitrogen and oxygen atoms in total. The van der Waals surface area contributed by atoms with Gasteiger partial charge in [-0.15, -0.1) is 0 Å². The third-order valence-corrected chi connectivity index (χ3v) is 5.46. The highest BCUT2D eigenvalue weighted by Gasteiger charge is 2.13. The number of para-hydroxylation sites is 1. The number of rotatable bonds is 7. The van der Waals surface area contributed by atoms with Gasteiger partial charge in [0.25, 0.3) is 5.56 Å². The first-order chi connectivity index (χ1) is 13.8. The van der Waals surface area contributed by atoms with Crippen molar-refractivity contribution in [2.24, 2.45) is 0 Å². The minimum Gasteiger partial charge on any atom is -0.440 e. The van der Waals surface area contributed by atoms with E-state index >= 15 is 0 Å². The smallest absolute Gasteiger partial charge is 0.262 e. The normalized spacial score (nSPS) is 11.2. The molecule has 4 rings (SSSR count). The molecule has 0 spiro atoms. The first-order valence-electron chi connectivity index (χ1n) is 9.39. The second-order valence-electron chi connectivity index (χ2n) is 6.49. The van der Waals surface area contributed by atoms with Crippen LogP contribution in [0.25, 0.3) is 22.2 Å². The molecule has 0 radical (unpaired) electrons. The Balaban J connectivity index is 1.60. The van der Waals surface area contributed by atoms with Gasteiger partial charge in [-0.1, -0.05) is 67.6 Å². The van der Waals surface area contributed by atoms with E-state index in [0.717, 1.165) is 29.7 Å². The molecule has 0 aliphatic heterocycles. The standard InChI is InChI=1S/C22H21N3O2S/c1-2-3-13-25-21(26)17-11-7-8-12-18(17)24-22(25)28-15-20-23-14-19(27-20)16-9-5-4-6-10-16/h4-12,14H,2-3,13,15H2,1H3. The molecule has 142 valence electrons. The second kappa shape index (κ2) is 8.44. The lowest BCUT2D eigenvalue weighted by atomic mass is 10.2. The number of hydrogen-bond acceptors (Lipinski definition) is 5. The van der Waals surface area contributed by atoms with Crippen molar-refractivity contribution in [3.8, 4) is 11.3 Å². The summed E-state index contributed by atoms with van der Waals surface area (Å²) in [6.45, 7) is 2.78. The van der Waals surface area contributed by atoms with Crippen LogP contribution in [0.3, 0.4) is 0 Å². The molecule has 0 atom stereocenters. The summed E-state index contributed by atoms with van der Waals surface area (Å²) in [5.74, 6) is 1.88. The fourth-order valence-corrected chi connectivity index (χ4v) is 3.89. The van der Waals surface area contributed by atoms with E-state index in [4.69, 9.17) is 9.40 Å². The SMILES string of the molecule is CCCCn1c(SCc2ncc(-c3ccccc3)o2)nc2ccccc2c1=O. The first-order valence-corrected chi connectivity index (χ1v) is 10.4. The molecular weight excluding hydrogens is 370 g/mol. The lowest BCUT2D eigenvalue weighted by Gasteiger charge is -2.12. The van der Waals surface area contributed by atoms with Crippen LogP contribution in [0, 0.1) is 0 Å². The molecule has 0 aliphatic carbocycles. The van der Waals surface area contributed by atoms with Crippen LogP contribution < -0.4 is 5.56 Å². The molecule has 28 heavy (non-hydrogen) atoms. The average Bonchev–Trinajstić information content (AvgIpc) is 3.21. The van der Waals surface area contributed by atoms with Crippen molar-refractivity contribution in [2.45, 2.75) is 37.2 Å². The molecule has 6 heteroatoms. The summed E-state index contributed by atoms with van der Waals surface area (Å²) < 4.78 is 7.66. The van der Waals surface area contributed by atoms with E-state index in [1.165, 1.54) is 11.8 Å². The van der Waals surface area contributed by atoms with E-state index in [9.17, 15) is 4.79 Å². The van der Waals surface area contributed by atoms with Gasteiger partial charge in [0.2, 0.25) is 5.89 Å². The Morgan fingerprint density at radius 3 is 2.68 bits per heavy atom. The monoisotopic (exact) mass is 391 g/mol. The molecule has 0 amide bonds. The lowest BCUT2D eigenvalue weighted by Crippen LogP contribution is -2.23. The third-order valence-electron chi connectivity index (χ3n) is 4.50. The number of aromatic nitrogens is 3. The Hall–Kier alpha value is -2.86. The van der Waals surface area contributed by atoms with Crippen LogP contribution in [0.2, 0.25) is 0 Å². The van der Waals surface area contributed by atoms with Crippen molar-refractivity contribution in [3.63, 3.8) is 0 Å². The van der Waals surface area contributed by atoms with Crippen molar-refractivity contribution in [2.75, 3.05) is 0 Å². The number of hydrogen-bond donors (Lipinski definition) is 0. The zero-order valence-corrected chi connectivity index (χ0v) is 16.5. The van der Waals surface area contributed by atoms with Crippen molar-refractivity contribution in [1.29, 1.82) is 0 Å². The van der Waals surface area contributed by atoms with Crippen LogP contribution >= 0.6 is 11.8 Å². The molecule has 0 unspecified atom stereocenters. The van der Waals surface area contributed by atoms with Crippen LogP contribution in [-0.4, -0.2) is 14.5 Å². The maximum atomic E-state index is 12.9. The van der Waals surface area contributed by atoms with Crippen LogP contribution in [0.15, 0.2) is 75.2 Å². The molecule has 2 aromatic heterocycles. The number of nitrogens with zero attached hydrogens (tertiary/aromatic N) is 3. The summed E-state index contributed by atoms with van der Waals surface area (Å²) in [6, 6.07) is 17.4. The Kier molecular flexibility index (Phi) is 5.58. The Morgan fingerprint density at radius 1 is 1.07 bits per heavy atom. The van der Waals surface area contributed by atoms with Crippen molar-refractivity contribution in [1.82, 2.24) is 14.5 Å². The van der Waals surface area contributed by atoms with E-state index in [-0.39, 0.29) is 5.56 Å². The highest BCUT2D eigenvalue weighted by atomic mass is 32.2. The topological polar surface area (TPSA) is 60.9 Å². The number of oxazole rings is 1. The molecule has 0 saturated carbocycles. The quantitative estimate of drug-likeness (QED) is 0.322. The van der Waals surface area contributed by atoms with Crippen LogP contribution in [-0.2, 0) is 12.3 Å². The Bertz CT molecular complexity index is 1140. The summed E-state index contributed by atoms with van der Waals surface area (Å²) in [4.78, 5) is 22.0. The lowest BCUT2D eigenvalue weighted by molar-refractivity contribution is 0.528. The van der Waals surface area contributed by atoms with Gasteiger partial charge in [-0.3, -0.25) is 9.36 Å². The predicted molar refractivity (Wildman–Crippen MR) is 112 cm³/mol. The summed E-state index contributed by atoms with van der Waals surface area (Å²) in [6.07, 6.45) is 3.69. The number of fused-ring (bicyclic) bond motifs is 1. The predicted octanol–water partition coefficient (Wildman–Crippen LogP) is 5.14. The molecule has 0 bridgehead atoms. The van der Waals surface area contributed by atoms with Gasteiger partial charge in [0.1, 0.15) is 0 Å². The van der Waals surface area contributed by atoms with Gasteiger partial charge in [-0.05, 0) is 18.6 Å². The van der Waals surface area contributed by atoms with Gasteiger partial charge < -0.3 is 4.42 Å². The fraction of sp³-hybridized carbons (Fsp3) is 0.227. The zero-order valence-electron chi connectivity index (χ0n) is 15.7. The third kappa shape index (κ3) is 3.87. The van der Waals surface area contributed by atoms with Crippen LogP contribution in [0.1, 0.15) is 25.7 Å². The minimum absolute atomic E-state index is 0.0129. The fourth-order valence-electron chi connectivity index (χ4n) is 3.01. The highest BCUT2D eigenvalue weighted by molar-refractivity contribution is 7.98. The molecule has 2 heterocycles. The maximum Gasteiger partial charge on any atom is 0.262 e. The van der Waals surface area contributed by atoms with Crippen molar-refractivity contribution >= 4 is 22.7 Å². The van der Waals surface area contributed by atoms with E-state index < -0.39 is 0 Å². The largest absolute Gasteiger partial charge is 0.440 e. The molecule has 0 fully saturated rings. The van der Waals surface area contributed by atoms with Crippen LogP contribution in [0.4, 0.5) is 0 Å². The number of unbranched alkanes of at least 4 members (excludes halogenated alkanes) is 1. The molecule has 2 aromatic carbocycles. The average molecular weight is 391 g/mol. The molecule has 0 saturated heterocycles. The first kappa shape index (κ1) is 18.5. The molecule has 4 aromatic rings. The van der Waals surface area contributed by atoms with Gasteiger partial charge >= 0.3 is 0 Å². The van der Waals surface area contributed by atoms with Crippen molar-refractivity contribution in [3.05, 3.63) is 77.0 Å². The summed E-state index contributed by atoms with van der Waals surface area (Å²) >= 11 is 1.48. The molecular formula is C22H21N3O2S. The highest BCUT2D eigenvalue weighted by Crippen LogP contribution is 2.25. The van der Waals surface area contributed by atoms with E-state index in [1.54, 1.807) is 10.8 Å². The Labute approximate surface area is 167 Å². The summed E-state index contributed by atoms with van der Waals surface area (Å²) in [7, 11) is 0. The van der Waals surface area contributed by atoms with Gasteiger partial charge in [0.05, 0.1) is 22.9 Å². The number of thioether (sulfide) groups is 1. The zero-order chi connectivity index (χ0) is 19.3.